The van der Waals surface area contributed by atoms with Crippen molar-refractivity contribution in [1.82, 2.24) is 0 Å². The van der Waals surface area contributed by atoms with E-state index in [2.05, 4.69) is 90.0 Å². The fraction of sp³-hybridized carbons (Fsp3) is 1.00. The van der Waals surface area contributed by atoms with Gasteiger partial charge in [0.2, 0.25) is 0 Å². The van der Waals surface area contributed by atoms with Crippen LogP contribution in [0.5, 0.6) is 0 Å². The highest BCUT2D eigenvalue weighted by molar-refractivity contribution is 4.85. The first-order valence-corrected chi connectivity index (χ1v) is 20.7. The van der Waals surface area contributed by atoms with Gasteiger partial charge in [-0.3, -0.25) is 0 Å². The zero-order chi connectivity index (χ0) is 35.6. The third-order valence-electron chi connectivity index (χ3n) is 14.3. The molecule has 3 saturated heterocycles. The molecule has 0 amide bonds. The van der Waals surface area contributed by atoms with Crippen molar-refractivity contribution in [2.75, 3.05) is 19.8 Å². The average molecular weight is 681 g/mol. The minimum atomic E-state index is -0.0944. The van der Waals surface area contributed by atoms with Crippen LogP contribution in [0.15, 0.2) is 0 Å². The molecule has 3 rings (SSSR count). The Balaban J connectivity index is 1.57. The quantitative estimate of drug-likeness (QED) is 0.127. The number of hydrogen-bond acceptors (Lipinski definition) is 6. The fourth-order valence-electron chi connectivity index (χ4n) is 9.28. The monoisotopic (exact) mass is 681 g/mol. The summed E-state index contributed by atoms with van der Waals surface area (Å²) in [6, 6.07) is 0. The Bertz CT molecular complexity index is 769. The van der Waals surface area contributed by atoms with E-state index in [1.54, 1.807) is 0 Å². The Labute approximate surface area is 297 Å². The predicted molar refractivity (Wildman–Crippen MR) is 198 cm³/mol. The van der Waals surface area contributed by atoms with Crippen LogP contribution in [0.1, 0.15) is 154 Å². The molecule has 48 heavy (non-hydrogen) atoms. The standard InChI is InChI=1S/C42H80O6/c1-14-36-30(8)27(5)33(11)39(46-36)43-24-18-21-42(17-4,22-19-25-44-40-34(12)28(6)31(9)37(15-2)47-40)23-20-26-45-41-35(13)29(7)32(10)38(16-3)48-41/h27-41H,14-26H2,1-13H3. The Morgan fingerprint density at radius 1 is 0.396 bits per heavy atom. The minimum absolute atomic E-state index is 0.0944. The van der Waals surface area contributed by atoms with Gasteiger partial charge >= 0.3 is 0 Å². The van der Waals surface area contributed by atoms with Crippen molar-refractivity contribution >= 4 is 0 Å². The molecule has 15 unspecified atom stereocenters. The summed E-state index contributed by atoms with van der Waals surface area (Å²) in [5.74, 6) is 4.78. The molecular weight excluding hydrogens is 600 g/mol. The largest absolute Gasteiger partial charge is 0.352 e. The molecule has 3 aliphatic rings. The van der Waals surface area contributed by atoms with E-state index in [4.69, 9.17) is 28.4 Å². The van der Waals surface area contributed by atoms with E-state index in [0.29, 0.717) is 71.6 Å². The van der Waals surface area contributed by atoms with Crippen LogP contribution in [0, 0.1) is 58.7 Å². The lowest BCUT2D eigenvalue weighted by Gasteiger charge is -2.43. The van der Waals surface area contributed by atoms with Gasteiger partial charge in [-0.2, -0.15) is 0 Å². The van der Waals surface area contributed by atoms with E-state index in [1.807, 2.05) is 0 Å². The van der Waals surface area contributed by atoms with E-state index >= 15 is 0 Å². The van der Waals surface area contributed by atoms with E-state index in [-0.39, 0.29) is 24.3 Å². The molecule has 0 bridgehead atoms. The molecule has 0 radical (unpaired) electrons. The van der Waals surface area contributed by atoms with Gasteiger partial charge in [-0.1, -0.05) is 96.4 Å². The molecule has 6 nitrogen and oxygen atoms in total. The van der Waals surface area contributed by atoms with Gasteiger partial charge < -0.3 is 28.4 Å². The third kappa shape index (κ3) is 10.7. The summed E-state index contributed by atoms with van der Waals surface area (Å²) in [5.41, 5.74) is 0.239. The molecule has 0 N–H and O–H groups in total. The van der Waals surface area contributed by atoms with Crippen molar-refractivity contribution in [2.45, 2.75) is 191 Å². The first-order valence-electron chi connectivity index (χ1n) is 20.7. The molecule has 0 aromatic carbocycles. The number of rotatable bonds is 19. The molecule has 6 heteroatoms. The lowest BCUT2D eigenvalue weighted by molar-refractivity contribution is -0.249. The van der Waals surface area contributed by atoms with Crippen LogP contribution in [0.2, 0.25) is 0 Å². The van der Waals surface area contributed by atoms with Crippen LogP contribution < -0.4 is 0 Å². The minimum Gasteiger partial charge on any atom is -0.352 e. The second-order valence-electron chi connectivity index (χ2n) is 16.9. The highest BCUT2D eigenvalue weighted by atomic mass is 16.7. The highest BCUT2D eigenvalue weighted by Crippen LogP contribution is 2.42. The van der Waals surface area contributed by atoms with Crippen molar-refractivity contribution in [2.24, 2.45) is 58.7 Å². The summed E-state index contributed by atoms with van der Waals surface area (Å²) in [5, 5.41) is 0. The predicted octanol–water partition coefficient (Wildman–Crippen LogP) is 10.9. The van der Waals surface area contributed by atoms with Crippen molar-refractivity contribution in [3.63, 3.8) is 0 Å². The van der Waals surface area contributed by atoms with Gasteiger partial charge in [0, 0.05) is 37.6 Å². The summed E-state index contributed by atoms with van der Waals surface area (Å²) in [4.78, 5) is 0. The van der Waals surface area contributed by atoms with Crippen LogP contribution in [0.25, 0.3) is 0 Å². The molecule has 0 aliphatic carbocycles. The molecule has 3 aliphatic heterocycles. The smallest absolute Gasteiger partial charge is 0.160 e. The molecule has 284 valence electrons. The second kappa shape index (κ2) is 20.1. The van der Waals surface area contributed by atoms with Crippen LogP contribution in [-0.2, 0) is 28.4 Å². The number of ether oxygens (including phenoxy) is 6. The van der Waals surface area contributed by atoms with Crippen LogP contribution in [0.3, 0.4) is 0 Å². The van der Waals surface area contributed by atoms with Gasteiger partial charge in [0.05, 0.1) is 18.3 Å². The van der Waals surface area contributed by atoms with Gasteiger partial charge in [-0.05, 0) is 98.7 Å². The highest BCUT2D eigenvalue weighted by Gasteiger charge is 2.41. The maximum Gasteiger partial charge on any atom is 0.160 e. The van der Waals surface area contributed by atoms with Crippen LogP contribution in [0.4, 0.5) is 0 Å². The van der Waals surface area contributed by atoms with Crippen molar-refractivity contribution in [3.8, 4) is 0 Å². The van der Waals surface area contributed by atoms with E-state index in [9.17, 15) is 0 Å². The molecule has 0 saturated carbocycles. The lowest BCUT2D eigenvalue weighted by Crippen LogP contribution is -2.45. The van der Waals surface area contributed by atoms with Gasteiger partial charge in [0.1, 0.15) is 0 Å². The summed E-state index contributed by atoms with van der Waals surface area (Å²) in [7, 11) is 0. The zero-order valence-corrected chi connectivity index (χ0v) is 33.8. The van der Waals surface area contributed by atoms with Gasteiger partial charge in [-0.25, -0.2) is 0 Å². The topological polar surface area (TPSA) is 55.4 Å². The molecule has 0 spiro atoms. The first-order chi connectivity index (χ1) is 22.8. The summed E-state index contributed by atoms with van der Waals surface area (Å²) >= 11 is 0. The summed E-state index contributed by atoms with van der Waals surface area (Å²) in [6.07, 6.45) is 11.5. The zero-order valence-electron chi connectivity index (χ0n) is 33.8. The van der Waals surface area contributed by atoms with Crippen molar-refractivity contribution in [1.29, 1.82) is 0 Å². The van der Waals surface area contributed by atoms with Crippen LogP contribution in [-0.4, -0.2) is 57.0 Å². The van der Waals surface area contributed by atoms with E-state index in [1.165, 1.54) is 0 Å². The van der Waals surface area contributed by atoms with Crippen molar-refractivity contribution < 1.29 is 28.4 Å². The van der Waals surface area contributed by atoms with E-state index in [0.717, 1.165) is 84.0 Å². The Morgan fingerprint density at radius 2 is 0.667 bits per heavy atom. The molecule has 3 fully saturated rings. The SMILES string of the molecule is CCC1OC(OCCCC(CC)(CCCOC2OC(CC)C(C)C(C)C2C)CCCOC2OC(CC)C(C)C(C)C2C)C(C)C(C)C1C. The average Bonchev–Trinajstić information content (AvgIpc) is 3.09. The maximum absolute atomic E-state index is 6.49. The second-order valence-corrected chi connectivity index (χ2v) is 16.9. The van der Waals surface area contributed by atoms with Gasteiger partial charge in [-0.15, -0.1) is 0 Å². The normalized spacial score (nSPS) is 42.1. The lowest BCUT2D eigenvalue weighted by atomic mass is 9.73. The third-order valence-corrected chi connectivity index (χ3v) is 14.3. The molecule has 0 aromatic heterocycles. The van der Waals surface area contributed by atoms with Crippen molar-refractivity contribution in [3.05, 3.63) is 0 Å². The molecule has 3 heterocycles. The Kier molecular flexibility index (Phi) is 17.7. The Morgan fingerprint density at radius 3 is 0.896 bits per heavy atom. The first kappa shape index (κ1) is 42.2. The fourth-order valence-corrected chi connectivity index (χ4v) is 9.28. The Hall–Kier alpha value is -0.240. The maximum atomic E-state index is 6.49. The van der Waals surface area contributed by atoms with Gasteiger partial charge in [0.25, 0.3) is 0 Å². The molecule has 0 aromatic rings. The summed E-state index contributed by atoms with van der Waals surface area (Å²) < 4.78 is 38.9. The van der Waals surface area contributed by atoms with Crippen LogP contribution >= 0.6 is 0 Å². The van der Waals surface area contributed by atoms with Gasteiger partial charge in [0.15, 0.2) is 18.9 Å². The molecular formula is C42H80O6. The summed E-state index contributed by atoms with van der Waals surface area (Å²) in [6.45, 7) is 32.4. The van der Waals surface area contributed by atoms with E-state index < -0.39 is 0 Å². The molecule has 15 atom stereocenters. The number of hydrogen-bond donors (Lipinski definition) is 0.